The molecule has 2 aromatic carbocycles. The van der Waals surface area contributed by atoms with Gasteiger partial charge in [-0.2, -0.15) is 13.2 Å². The highest BCUT2D eigenvalue weighted by atomic mass is 19.4. The molecule has 0 radical (unpaired) electrons. The molecule has 0 aliphatic carbocycles. The third-order valence-electron chi connectivity index (χ3n) is 6.26. The predicted octanol–water partition coefficient (Wildman–Crippen LogP) is 6.25. The Morgan fingerprint density at radius 2 is 1.72 bits per heavy atom. The van der Waals surface area contributed by atoms with Crippen LogP contribution in [0.3, 0.4) is 0 Å². The van der Waals surface area contributed by atoms with E-state index < -0.39 is 11.9 Å². The number of aryl methyl sites for hydroxylation is 1. The molecule has 0 saturated heterocycles. The van der Waals surface area contributed by atoms with Crippen LogP contribution in [0.15, 0.2) is 60.9 Å². The summed E-state index contributed by atoms with van der Waals surface area (Å²) in [6.45, 7) is 4.61. The molecule has 3 heterocycles. The van der Waals surface area contributed by atoms with Gasteiger partial charge in [-0.1, -0.05) is 62.4 Å². The molecule has 0 unspecified atom stereocenters. The Morgan fingerprint density at radius 3 is 2.38 bits per heavy atom. The molecule has 0 fully saturated rings. The molecule has 0 saturated carbocycles. The number of benzene rings is 2. The number of nitrogens with one attached hydrogen (secondary N) is 1. The van der Waals surface area contributed by atoms with Crippen molar-refractivity contribution in [3.8, 4) is 28.7 Å². The van der Waals surface area contributed by atoms with E-state index in [4.69, 9.17) is 9.72 Å². The summed E-state index contributed by atoms with van der Waals surface area (Å²) in [4.78, 5) is 22.2. The molecule has 0 bridgehead atoms. The minimum Gasteiger partial charge on any atom is -0.480 e. The lowest BCUT2D eigenvalue weighted by Gasteiger charge is -2.14. The Bertz CT molecular complexity index is 1630. The summed E-state index contributed by atoms with van der Waals surface area (Å²) in [6, 6.07) is 15.1. The maximum absolute atomic E-state index is 13.1. The van der Waals surface area contributed by atoms with E-state index in [1.165, 1.54) is 24.9 Å². The number of halogens is 3. The number of nitrogens with zero attached hydrogens (tertiary/aromatic N) is 6. The van der Waals surface area contributed by atoms with Crippen LogP contribution in [0.2, 0.25) is 0 Å². The molecule has 0 amide bonds. The number of hydrogen-bond donors (Lipinski definition) is 1. The number of methoxy groups -OCH3 is 1. The Labute approximate surface area is 223 Å². The van der Waals surface area contributed by atoms with Crippen LogP contribution in [-0.4, -0.2) is 36.6 Å². The molecule has 0 aliphatic heterocycles. The molecule has 0 spiro atoms. The van der Waals surface area contributed by atoms with E-state index in [0.29, 0.717) is 40.8 Å². The zero-order valence-electron chi connectivity index (χ0n) is 21.8. The first kappa shape index (κ1) is 26.1. The topological polar surface area (TPSA) is 90.6 Å². The van der Waals surface area contributed by atoms with Crippen LogP contribution in [0.25, 0.3) is 33.9 Å². The van der Waals surface area contributed by atoms with E-state index >= 15 is 0 Å². The fourth-order valence-electron chi connectivity index (χ4n) is 4.27. The van der Waals surface area contributed by atoms with Crippen molar-refractivity contribution in [1.82, 2.24) is 29.5 Å². The molecule has 39 heavy (non-hydrogen) atoms. The number of imidazole rings is 1. The van der Waals surface area contributed by atoms with Gasteiger partial charge in [0.25, 0.3) is 0 Å². The lowest BCUT2D eigenvalue weighted by atomic mass is 9.97. The van der Waals surface area contributed by atoms with Crippen molar-refractivity contribution in [1.29, 1.82) is 0 Å². The van der Waals surface area contributed by atoms with Crippen molar-refractivity contribution in [3.63, 3.8) is 0 Å². The van der Waals surface area contributed by atoms with E-state index in [2.05, 4.69) is 45.2 Å². The third-order valence-corrected chi connectivity index (χ3v) is 6.26. The molecule has 11 heteroatoms. The van der Waals surface area contributed by atoms with E-state index in [9.17, 15) is 13.2 Å². The molecular formula is C28H26F3N7O. The number of anilines is 1. The largest absolute Gasteiger partial charge is 0.480 e. The number of ether oxygens (including phenoxy) is 1. The van der Waals surface area contributed by atoms with Gasteiger partial charge in [0.2, 0.25) is 5.88 Å². The van der Waals surface area contributed by atoms with Gasteiger partial charge in [-0.25, -0.2) is 24.9 Å². The van der Waals surface area contributed by atoms with E-state index in [1.54, 1.807) is 12.1 Å². The Hall–Kier alpha value is -4.54. The van der Waals surface area contributed by atoms with Crippen molar-refractivity contribution in [3.05, 3.63) is 77.7 Å². The van der Waals surface area contributed by atoms with Gasteiger partial charge < -0.3 is 14.6 Å². The molecule has 8 nitrogen and oxygen atoms in total. The van der Waals surface area contributed by atoms with Crippen molar-refractivity contribution in [2.45, 2.75) is 32.5 Å². The highest BCUT2D eigenvalue weighted by Gasteiger charge is 2.34. The van der Waals surface area contributed by atoms with E-state index in [1.807, 2.05) is 30.3 Å². The van der Waals surface area contributed by atoms with Crippen molar-refractivity contribution in [2.75, 3.05) is 12.4 Å². The smallest absolute Gasteiger partial charge is 0.434 e. The molecule has 1 N–H and O–H groups in total. The molecular weight excluding hydrogens is 507 g/mol. The summed E-state index contributed by atoms with van der Waals surface area (Å²) < 4.78 is 45.8. The van der Waals surface area contributed by atoms with Gasteiger partial charge in [-0.05, 0) is 17.0 Å². The quantitative estimate of drug-likeness (QED) is 0.264. The summed E-state index contributed by atoms with van der Waals surface area (Å²) in [6.07, 6.45) is -2.01. The maximum atomic E-state index is 13.1. The van der Waals surface area contributed by atoms with Crippen molar-refractivity contribution < 1.29 is 17.9 Å². The molecule has 3 aromatic heterocycles. The first-order valence-corrected chi connectivity index (χ1v) is 12.3. The molecule has 5 rings (SSSR count). The third kappa shape index (κ3) is 5.38. The average molecular weight is 534 g/mol. The van der Waals surface area contributed by atoms with Gasteiger partial charge in [0.1, 0.15) is 5.82 Å². The average Bonchev–Trinajstić information content (AvgIpc) is 3.33. The summed E-state index contributed by atoms with van der Waals surface area (Å²) in [7, 11) is 3.05. The predicted molar refractivity (Wildman–Crippen MR) is 142 cm³/mol. The summed E-state index contributed by atoms with van der Waals surface area (Å²) in [5, 5.41) is 3.33. The number of aromatic nitrogens is 6. The molecule has 5 aromatic rings. The lowest BCUT2D eigenvalue weighted by molar-refractivity contribution is -0.140. The Morgan fingerprint density at radius 1 is 0.974 bits per heavy atom. The number of fused-ring (bicyclic) bond motifs is 1. The molecule has 0 aliphatic rings. The second kappa shape index (κ2) is 10.3. The summed E-state index contributed by atoms with van der Waals surface area (Å²) in [5.74, 6) is 1.85. The monoisotopic (exact) mass is 533 g/mol. The van der Waals surface area contributed by atoms with E-state index in [-0.39, 0.29) is 11.7 Å². The van der Waals surface area contributed by atoms with Crippen LogP contribution in [0.1, 0.15) is 36.6 Å². The van der Waals surface area contributed by atoms with Gasteiger partial charge >= 0.3 is 6.18 Å². The molecule has 0 atom stereocenters. The zero-order chi connectivity index (χ0) is 27.7. The van der Waals surface area contributed by atoms with Crippen molar-refractivity contribution in [2.24, 2.45) is 7.05 Å². The first-order valence-electron chi connectivity index (χ1n) is 12.3. The van der Waals surface area contributed by atoms with Crippen molar-refractivity contribution >= 4 is 17.0 Å². The second-order valence-corrected chi connectivity index (χ2v) is 9.33. The number of rotatable bonds is 7. The number of alkyl halides is 3. The van der Waals surface area contributed by atoms with Crippen LogP contribution in [0, 0.1) is 0 Å². The summed E-state index contributed by atoms with van der Waals surface area (Å²) >= 11 is 0. The zero-order valence-corrected chi connectivity index (χ0v) is 21.8. The second-order valence-electron chi connectivity index (χ2n) is 9.33. The fraction of sp³-hybridized carbons (Fsp3) is 0.250. The maximum Gasteiger partial charge on any atom is 0.434 e. The lowest BCUT2D eigenvalue weighted by Crippen LogP contribution is -2.07. The highest BCUT2D eigenvalue weighted by Crippen LogP contribution is 2.32. The van der Waals surface area contributed by atoms with Gasteiger partial charge in [-0.15, -0.1) is 0 Å². The van der Waals surface area contributed by atoms with Crippen LogP contribution < -0.4 is 10.1 Å². The van der Waals surface area contributed by atoms with Crippen LogP contribution in [0.5, 0.6) is 5.88 Å². The van der Waals surface area contributed by atoms with Gasteiger partial charge in [0.05, 0.1) is 13.3 Å². The van der Waals surface area contributed by atoms with Gasteiger partial charge in [0, 0.05) is 30.9 Å². The Kier molecular flexibility index (Phi) is 6.90. The standard InChI is InChI=1S/C28H26F3N7O/c1-16(2)19-7-5-6-8-20(19)24-36-25(23-26(37-24)33-14-22(35-23)39-4)32-13-17-9-11-18(12-10-17)27-34-21(15-38(27)3)28(29,30)31/h5-12,14-16H,13H2,1-4H3,(H,32,33,36,37). The van der Waals surface area contributed by atoms with Gasteiger partial charge in [0.15, 0.2) is 28.5 Å². The normalized spacial score (nSPS) is 11.8. The first-order chi connectivity index (χ1) is 18.6. The van der Waals surface area contributed by atoms with Crippen LogP contribution in [-0.2, 0) is 19.8 Å². The van der Waals surface area contributed by atoms with Gasteiger partial charge in [-0.3, -0.25) is 0 Å². The van der Waals surface area contributed by atoms with E-state index in [0.717, 1.165) is 22.9 Å². The van der Waals surface area contributed by atoms with Crippen LogP contribution >= 0.6 is 0 Å². The minimum atomic E-state index is -4.50. The van der Waals surface area contributed by atoms with Crippen LogP contribution in [0.4, 0.5) is 19.0 Å². The minimum absolute atomic E-state index is 0.236. The fourth-order valence-corrected chi connectivity index (χ4v) is 4.27. The Balaban J connectivity index is 1.46. The highest BCUT2D eigenvalue weighted by molar-refractivity contribution is 5.85. The summed E-state index contributed by atoms with van der Waals surface area (Å²) in [5.41, 5.74) is 3.45. The molecule has 200 valence electrons. The number of hydrogen-bond acceptors (Lipinski definition) is 7. The SMILES string of the molecule is COc1cnc2nc(-c3ccccc3C(C)C)nc(NCc3ccc(-c4nc(C(F)(F)F)cn4C)cc3)c2n1.